The fourth-order valence-electron chi connectivity index (χ4n) is 5.19. The number of esters is 2. The van der Waals surface area contributed by atoms with Gasteiger partial charge in [0.25, 0.3) is 0 Å². The lowest BCUT2D eigenvalue weighted by Crippen LogP contribution is -2.43. The Morgan fingerprint density at radius 2 is 1.33 bits per heavy atom. The third kappa shape index (κ3) is 25.0. The molecule has 0 spiro atoms. The Bertz CT molecular complexity index is 889. The predicted molar refractivity (Wildman–Crippen MR) is 191 cm³/mol. The summed E-state index contributed by atoms with van der Waals surface area (Å²) >= 11 is 1.43. The molecular formula is C37H65N3O5S. The van der Waals surface area contributed by atoms with E-state index >= 15 is 0 Å². The summed E-state index contributed by atoms with van der Waals surface area (Å²) < 4.78 is 11.3. The van der Waals surface area contributed by atoms with Gasteiger partial charge in [-0.25, -0.2) is 0 Å². The maximum atomic E-state index is 12.6. The molecule has 0 radical (unpaired) electrons. The van der Waals surface area contributed by atoms with Gasteiger partial charge in [0.15, 0.2) is 0 Å². The molecule has 9 heteroatoms. The van der Waals surface area contributed by atoms with E-state index in [4.69, 9.17) is 15.2 Å². The van der Waals surface area contributed by atoms with Crippen molar-refractivity contribution in [1.29, 1.82) is 0 Å². The van der Waals surface area contributed by atoms with Crippen LogP contribution in [0.25, 0.3) is 0 Å². The summed E-state index contributed by atoms with van der Waals surface area (Å²) in [6.07, 6.45) is 25.6. The van der Waals surface area contributed by atoms with Gasteiger partial charge in [-0.1, -0.05) is 123 Å². The highest BCUT2D eigenvalue weighted by Gasteiger charge is 2.20. The van der Waals surface area contributed by atoms with Gasteiger partial charge in [0, 0.05) is 43.3 Å². The number of hydrogen-bond acceptors (Lipinski definition) is 8. The van der Waals surface area contributed by atoms with E-state index in [1.807, 2.05) is 12.1 Å². The van der Waals surface area contributed by atoms with Crippen LogP contribution in [0.5, 0.6) is 0 Å². The molecule has 1 aromatic rings. The van der Waals surface area contributed by atoms with Crippen LogP contribution in [0.15, 0.2) is 24.5 Å². The molecule has 0 unspecified atom stereocenters. The predicted octanol–water partition coefficient (Wildman–Crippen LogP) is 8.10. The maximum Gasteiger partial charge on any atom is 0.306 e. The molecule has 0 aliphatic carbocycles. The molecule has 1 aromatic heterocycles. The first-order chi connectivity index (χ1) is 22.5. The van der Waals surface area contributed by atoms with Crippen LogP contribution in [0.3, 0.4) is 0 Å². The van der Waals surface area contributed by atoms with E-state index < -0.39 is 12.1 Å². The van der Waals surface area contributed by atoms with E-state index in [1.165, 1.54) is 88.8 Å². The average Bonchev–Trinajstić information content (AvgIpc) is 3.06. The van der Waals surface area contributed by atoms with Crippen LogP contribution >= 0.6 is 11.8 Å². The van der Waals surface area contributed by atoms with Gasteiger partial charge in [-0.3, -0.25) is 19.4 Å². The molecule has 1 rings (SSSR count). The van der Waals surface area contributed by atoms with Crippen LogP contribution in [0.2, 0.25) is 0 Å². The lowest BCUT2D eigenvalue weighted by Gasteiger charge is -2.19. The number of hydrogen-bond donors (Lipinski definition) is 2. The number of pyridine rings is 1. The highest BCUT2D eigenvalue weighted by molar-refractivity contribution is 7.99. The van der Waals surface area contributed by atoms with E-state index in [0.717, 1.165) is 44.1 Å². The molecule has 1 heterocycles. The van der Waals surface area contributed by atoms with Crippen molar-refractivity contribution in [2.75, 3.05) is 24.7 Å². The molecule has 3 N–H and O–H groups in total. The van der Waals surface area contributed by atoms with Crippen molar-refractivity contribution in [2.24, 2.45) is 5.73 Å². The number of nitrogens with one attached hydrogen (secondary N) is 1. The number of carbonyl (C=O) groups excluding carboxylic acids is 3. The number of unbranched alkanes of at least 4 members (excludes halogenated alkanes) is 16. The molecule has 0 saturated carbocycles. The molecule has 1 amide bonds. The van der Waals surface area contributed by atoms with Crippen molar-refractivity contribution in [3.8, 4) is 0 Å². The normalized spacial score (nSPS) is 12.4. The third-order valence-corrected chi connectivity index (χ3v) is 9.27. The number of amides is 1. The summed E-state index contributed by atoms with van der Waals surface area (Å²) in [5, 5.41) is 2.88. The highest BCUT2D eigenvalue weighted by Crippen LogP contribution is 2.14. The van der Waals surface area contributed by atoms with Gasteiger partial charge in [-0.15, -0.1) is 0 Å². The van der Waals surface area contributed by atoms with Gasteiger partial charge < -0.3 is 20.5 Å². The van der Waals surface area contributed by atoms with E-state index in [2.05, 4.69) is 24.1 Å². The minimum Gasteiger partial charge on any atom is -0.462 e. The molecular weight excluding hydrogens is 598 g/mol. The molecule has 0 fully saturated rings. The van der Waals surface area contributed by atoms with Crippen molar-refractivity contribution < 1.29 is 23.9 Å². The molecule has 8 nitrogen and oxygen atoms in total. The summed E-state index contributed by atoms with van der Waals surface area (Å²) in [5.74, 6) is 0.0457. The second kappa shape index (κ2) is 30.2. The first-order valence-electron chi connectivity index (χ1n) is 18.3. The summed E-state index contributed by atoms with van der Waals surface area (Å²) in [7, 11) is 0. The minimum absolute atomic E-state index is 0.0271. The summed E-state index contributed by atoms with van der Waals surface area (Å²) in [6, 6.07) is 3.15. The van der Waals surface area contributed by atoms with Crippen molar-refractivity contribution in [3.05, 3.63) is 30.1 Å². The van der Waals surface area contributed by atoms with Crippen LogP contribution in [0, 0.1) is 0 Å². The second-order valence-corrected chi connectivity index (χ2v) is 13.6. The molecule has 0 aromatic carbocycles. The number of nitrogens with two attached hydrogens (primary N) is 1. The average molecular weight is 664 g/mol. The van der Waals surface area contributed by atoms with E-state index in [0.29, 0.717) is 37.3 Å². The number of ether oxygens (including phenoxy) is 2. The van der Waals surface area contributed by atoms with Gasteiger partial charge in [-0.05, 0) is 30.9 Å². The van der Waals surface area contributed by atoms with Crippen LogP contribution in [0.4, 0.5) is 0 Å². The first kappa shape index (κ1) is 41.9. The van der Waals surface area contributed by atoms with Gasteiger partial charge in [0.05, 0.1) is 6.04 Å². The molecule has 0 aliphatic heterocycles. The zero-order valence-electron chi connectivity index (χ0n) is 29.1. The summed E-state index contributed by atoms with van der Waals surface area (Å²) in [4.78, 5) is 41.6. The monoisotopic (exact) mass is 663 g/mol. The minimum atomic E-state index is -0.689. The Labute approximate surface area is 284 Å². The van der Waals surface area contributed by atoms with E-state index in [1.54, 1.807) is 12.4 Å². The lowest BCUT2D eigenvalue weighted by atomic mass is 10.1. The molecule has 0 bridgehead atoms. The third-order valence-electron chi connectivity index (χ3n) is 8.07. The molecule has 0 aliphatic rings. The van der Waals surface area contributed by atoms with Crippen LogP contribution < -0.4 is 11.1 Å². The van der Waals surface area contributed by atoms with Gasteiger partial charge >= 0.3 is 11.9 Å². The van der Waals surface area contributed by atoms with Gasteiger partial charge in [0.1, 0.15) is 12.7 Å². The van der Waals surface area contributed by atoms with Crippen LogP contribution in [-0.2, 0) is 30.3 Å². The molecule has 2 atom stereocenters. The van der Waals surface area contributed by atoms with Crippen LogP contribution in [0.1, 0.15) is 148 Å². The topological polar surface area (TPSA) is 121 Å². The standard InChI is InChI=1S/C37H65N3O5S/c1-3-5-7-9-11-13-15-17-19-23-35(41)44-29-33(45-36(42)24-20-18-16-14-12-10-8-6-4-2)30-46-31-34(38)37(43)40-27-25-32-22-21-26-39-28-32/h21-22,26,28,33-34H,3-20,23-25,27,29-31,38H2,1-2H3,(H,40,43)/t33-,34-/m1/s1. The Balaban J connectivity index is 2.38. The number of thioether (sulfide) groups is 1. The van der Waals surface area contributed by atoms with Crippen molar-refractivity contribution >= 4 is 29.6 Å². The van der Waals surface area contributed by atoms with Gasteiger partial charge in [0.2, 0.25) is 5.91 Å². The first-order valence-corrected chi connectivity index (χ1v) is 19.5. The second-order valence-electron chi connectivity index (χ2n) is 12.5. The zero-order valence-corrected chi connectivity index (χ0v) is 29.9. The summed E-state index contributed by atoms with van der Waals surface area (Å²) in [5.41, 5.74) is 7.17. The summed E-state index contributed by atoms with van der Waals surface area (Å²) in [6.45, 7) is 4.97. The molecule has 0 saturated heterocycles. The molecule has 46 heavy (non-hydrogen) atoms. The number of rotatable bonds is 31. The van der Waals surface area contributed by atoms with Crippen LogP contribution in [-0.4, -0.2) is 59.6 Å². The number of aromatic nitrogens is 1. The maximum absolute atomic E-state index is 12.6. The largest absolute Gasteiger partial charge is 0.462 e. The van der Waals surface area contributed by atoms with E-state index in [9.17, 15) is 14.4 Å². The Morgan fingerprint density at radius 1 is 0.783 bits per heavy atom. The number of carbonyl (C=O) groups is 3. The van der Waals surface area contributed by atoms with Crippen molar-refractivity contribution in [2.45, 2.75) is 161 Å². The smallest absolute Gasteiger partial charge is 0.306 e. The van der Waals surface area contributed by atoms with Crippen molar-refractivity contribution in [1.82, 2.24) is 10.3 Å². The molecule has 264 valence electrons. The Hall–Kier alpha value is -2.13. The number of nitrogens with zero attached hydrogens (tertiary/aromatic N) is 1. The Morgan fingerprint density at radius 3 is 1.87 bits per heavy atom. The Kier molecular flexibility index (Phi) is 27.5. The fraction of sp³-hybridized carbons (Fsp3) is 0.784. The van der Waals surface area contributed by atoms with Gasteiger partial charge in [-0.2, -0.15) is 11.8 Å². The van der Waals surface area contributed by atoms with Crippen molar-refractivity contribution in [3.63, 3.8) is 0 Å². The SMILES string of the molecule is CCCCCCCCCCCC(=O)OC[C@H](CSC[C@@H](N)C(=O)NCCc1cccnc1)OC(=O)CCCCCCCCCCC. The lowest BCUT2D eigenvalue weighted by molar-refractivity contribution is -0.157. The fourth-order valence-corrected chi connectivity index (χ4v) is 6.16. The zero-order chi connectivity index (χ0) is 33.5. The highest BCUT2D eigenvalue weighted by atomic mass is 32.2. The quantitative estimate of drug-likeness (QED) is 0.0604. The van der Waals surface area contributed by atoms with E-state index in [-0.39, 0.29) is 24.5 Å².